The summed E-state index contributed by atoms with van der Waals surface area (Å²) in [7, 11) is 3.42. The smallest absolute Gasteiger partial charge is 0.170 e. The highest BCUT2D eigenvalue weighted by Crippen LogP contribution is 2.37. The Hall–Kier alpha value is -2.17. The summed E-state index contributed by atoms with van der Waals surface area (Å²) in [5.74, 6) is 1.99. The Kier molecular flexibility index (Phi) is 3.41. The van der Waals surface area contributed by atoms with E-state index in [-0.39, 0.29) is 0 Å². The summed E-state index contributed by atoms with van der Waals surface area (Å²) < 4.78 is 12.6. The molecule has 0 saturated carbocycles. The summed E-state index contributed by atoms with van der Waals surface area (Å²) in [4.78, 5) is 0. The van der Waals surface area contributed by atoms with Gasteiger partial charge in [0.2, 0.25) is 0 Å². The molecule has 0 fully saturated rings. The number of methoxy groups -OCH3 is 1. The topological polar surface area (TPSA) is 62.3 Å². The van der Waals surface area contributed by atoms with Gasteiger partial charge < -0.3 is 15.2 Å². The summed E-state index contributed by atoms with van der Waals surface area (Å²) in [5.41, 5.74) is 7.45. The molecule has 5 nitrogen and oxygen atoms in total. The van der Waals surface area contributed by atoms with Gasteiger partial charge in [-0.1, -0.05) is 6.07 Å². The fourth-order valence-corrected chi connectivity index (χ4v) is 1.78. The van der Waals surface area contributed by atoms with Gasteiger partial charge in [0.05, 0.1) is 19.4 Å². The van der Waals surface area contributed by atoms with E-state index in [9.17, 15) is 0 Å². The standard InChI is InChI=1S/C13H17N3O2/c1-4-18-13-9(6-5-7-11(13)17-3)10-8-12(14)16(2)15-10/h5-8H,4,14H2,1-3H3. The number of anilines is 1. The maximum absolute atomic E-state index is 5.80. The van der Waals surface area contributed by atoms with Crippen molar-refractivity contribution in [3.63, 3.8) is 0 Å². The molecule has 0 unspecified atom stereocenters. The van der Waals surface area contributed by atoms with Gasteiger partial charge in [-0.2, -0.15) is 5.10 Å². The van der Waals surface area contributed by atoms with Crippen molar-refractivity contribution >= 4 is 5.82 Å². The first-order valence-electron chi connectivity index (χ1n) is 5.77. The van der Waals surface area contributed by atoms with E-state index in [0.717, 1.165) is 11.3 Å². The van der Waals surface area contributed by atoms with Crippen molar-refractivity contribution in [3.05, 3.63) is 24.3 Å². The minimum atomic E-state index is 0.565. The lowest BCUT2D eigenvalue weighted by Crippen LogP contribution is -1.98. The largest absolute Gasteiger partial charge is 0.493 e. The monoisotopic (exact) mass is 247 g/mol. The molecule has 0 saturated heterocycles. The number of hydrogen-bond acceptors (Lipinski definition) is 4. The number of aryl methyl sites for hydroxylation is 1. The van der Waals surface area contributed by atoms with E-state index in [1.807, 2.05) is 31.2 Å². The number of benzene rings is 1. The van der Waals surface area contributed by atoms with Crippen LogP contribution in [0.4, 0.5) is 5.82 Å². The molecule has 1 aromatic carbocycles. The van der Waals surface area contributed by atoms with Crippen molar-refractivity contribution < 1.29 is 9.47 Å². The van der Waals surface area contributed by atoms with E-state index in [2.05, 4.69) is 5.10 Å². The van der Waals surface area contributed by atoms with Crippen molar-refractivity contribution in [3.8, 4) is 22.8 Å². The van der Waals surface area contributed by atoms with Gasteiger partial charge in [0.1, 0.15) is 5.82 Å². The minimum absolute atomic E-state index is 0.565. The predicted molar refractivity (Wildman–Crippen MR) is 70.8 cm³/mol. The fourth-order valence-electron chi connectivity index (χ4n) is 1.78. The number of hydrogen-bond donors (Lipinski definition) is 1. The lowest BCUT2D eigenvalue weighted by atomic mass is 10.1. The van der Waals surface area contributed by atoms with Crippen molar-refractivity contribution in [1.29, 1.82) is 0 Å². The Morgan fingerprint density at radius 1 is 1.39 bits per heavy atom. The van der Waals surface area contributed by atoms with Gasteiger partial charge in [-0.25, -0.2) is 0 Å². The average Bonchev–Trinajstić information content (AvgIpc) is 2.70. The highest BCUT2D eigenvalue weighted by molar-refractivity contribution is 5.72. The molecule has 96 valence electrons. The Labute approximate surface area is 106 Å². The maximum atomic E-state index is 5.80. The lowest BCUT2D eigenvalue weighted by Gasteiger charge is -2.12. The molecule has 0 atom stereocenters. The number of aromatic nitrogens is 2. The lowest BCUT2D eigenvalue weighted by molar-refractivity contribution is 0.312. The van der Waals surface area contributed by atoms with Crippen LogP contribution >= 0.6 is 0 Å². The van der Waals surface area contributed by atoms with Crippen molar-refractivity contribution in [2.75, 3.05) is 19.5 Å². The van der Waals surface area contributed by atoms with Crippen molar-refractivity contribution in [2.24, 2.45) is 7.05 Å². The van der Waals surface area contributed by atoms with Crippen LogP contribution < -0.4 is 15.2 Å². The molecule has 2 rings (SSSR count). The number of para-hydroxylation sites is 1. The third kappa shape index (κ3) is 2.11. The maximum Gasteiger partial charge on any atom is 0.170 e. The van der Waals surface area contributed by atoms with E-state index in [0.29, 0.717) is 23.9 Å². The Bertz CT molecular complexity index is 530. The Balaban J connectivity index is 2.55. The molecule has 0 aliphatic carbocycles. The molecule has 0 bridgehead atoms. The summed E-state index contributed by atoms with van der Waals surface area (Å²) in [6.07, 6.45) is 0. The molecule has 2 N–H and O–H groups in total. The van der Waals surface area contributed by atoms with Crippen LogP contribution in [0.5, 0.6) is 11.5 Å². The fraction of sp³-hybridized carbons (Fsp3) is 0.308. The average molecular weight is 247 g/mol. The predicted octanol–water partition coefficient (Wildman–Crippen LogP) is 2.08. The third-order valence-electron chi connectivity index (χ3n) is 2.68. The number of rotatable bonds is 4. The molecule has 0 aliphatic rings. The number of nitrogen functional groups attached to an aromatic ring is 1. The van der Waals surface area contributed by atoms with Crippen LogP contribution in [-0.4, -0.2) is 23.5 Å². The van der Waals surface area contributed by atoms with Gasteiger partial charge >= 0.3 is 0 Å². The van der Waals surface area contributed by atoms with Crippen LogP contribution in [0.2, 0.25) is 0 Å². The number of ether oxygens (including phenoxy) is 2. The van der Waals surface area contributed by atoms with E-state index >= 15 is 0 Å². The number of nitrogens with zero attached hydrogens (tertiary/aromatic N) is 2. The minimum Gasteiger partial charge on any atom is -0.493 e. The van der Waals surface area contributed by atoms with E-state index < -0.39 is 0 Å². The number of nitrogens with two attached hydrogens (primary N) is 1. The van der Waals surface area contributed by atoms with E-state index in [4.69, 9.17) is 15.2 Å². The zero-order chi connectivity index (χ0) is 13.1. The summed E-state index contributed by atoms with van der Waals surface area (Å²) in [6.45, 7) is 2.50. The first-order chi connectivity index (χ1) is 8.67. The first-order valence-corrected chi connectivity index (χ1v) is 5.77. The zero-order valence-electron chi connectivity index (χ0n) is 10.8. The molecule has 5 heteroatoms. The highest BCUT2D eigenvalue weighted by Gasteiger charge is 2.14. The zero-order valence-corrected chi connectivity index (χ0v) is 10.8. The second kappa shape index (κ2) is 5.00. The van der Waals surface area contributed by atoms with Gasteiger partial charge in [-0.05, 0) is 19.1 Å². The van der Waals surface area contributed by atoms with Crippen LogP contribution in [0.15, 0.2) is 24.3 Å². The van der Waals surface area contributed by atoms with Crippen molar-refractivity contribution in [1.82, 2.24) is 9.78 Å². The molecular weight excluding hydrogens is 230 g/mol. The summed E-state index contributed by atoms with van der Waals surface area (Å²) in [5, 5.41) is 4.35. The van der Waals surface area contributed by atoms with Crippen LogP contribution in [0.1, 0.15) is 6.92 Å². The molecule has 0 spiro atoms. The Morgan fingerprint density at radius 2 is 2.17 bits per heavy atom. The molecule has 0 amide bonds. The SMILES string of the molecule is CCOc1c(OC)cccc1-c1cc(N)n(C)n1. The molecule has 1 aromatic heterocycles. The van der Waals surface area contributed by atoms with E-state index in [1.165, 1.54) is 0 Å². The molecule has 18 heavy (non-hydrogen) atoms. The quantitative estimate of drug-likeness (QED) is 0.898. The summed E-state index contributed by atoms with van der Waals surface area (Å²) >= 11 is 0. The highest BCUT2D eigenvalue weighted by atomic mass is 16.5. The van der Waals surface area contributed by atoms with Crippen molar-refractivity contribution in [2.45, 2.75) is 6.92 Å². The van der Waals surface area contributed by atoms with Crippen LogP contribution in [0.3, 0.4) is 0 Å². The molecular formula is C13H17N3O2. The van der Waals surface area contributed by atoms with Crippen LogP contribution in [0.25, 0.3) is 11.3 Å². The van der Waals surface area contributed by atoms with Crippen LogP contribution in [0, 0.1) is 0 Å². The van der Waals surface area contributed by atoms with Gasteiger partial charge in [0, 0.05) is 18.7 Å². The van der Waals surface area contributed by atoms with Crippen LogP contribution in [-0.2, 0) is 7.05 Å². The van der Waals surface area contributed by atoms with E-state index in [1.54, 1.807) is 18.8 Å². The summed E-state index contributed by atoms with van der Waals surface area (Å²) in [6, 6.07) is 7.52. The molecule has 0 radical (unpaired) electrons. The van der Waals surface area contributed by atoms with Gasteiger partial charge in [-0.15, -0.1) is 0 Å². The third-order valence-corrected chi connectivity index (χ3v) is 2.68. The Morgan fingerprint density at radius 3 is 2.72 bits per heavy atom. The molecule has 1 heterocycles. The van der Waals surface area contributed by atoms with Gasteiger partial charge in [0.15, 0.2) is 11.5 Å². The normalized spacial score (nSPS) is 10.4. The molecule has 2 aromatic rings. The van der Waals surface area contributed by atoms with Gasteiger partial charge in [0.25, 0.3) is 0 Å². The van der Waals surface area contributed by atoms with Gasteiger partial charge in [-0.3, -0.25) is 4.68 Å². The second-order valence-corrected chi connectivity index (χ2v) is 3.85. The second-order valence-electron chi connectivity index (χ2n) is 3.85. The molecule has 0 aliphatic heterocycles. The first kappa shape index (κ1) is 12.3.